The van der Waals surface area contributed by atoms with E-state index in [1.165, 1.54) is 12.1 Å². The smallest absolute Gasteiger partial charge is 0.240 e. The van der Waals surface area contributed by atoms with Crippen molar-refractivity contribution in [3.05, 3.63) is 29.8 Å². The number of methoxy groups -OCH3 is 1. The number of hydrogen-bond acceptors (Lipinski definition) is 4. The summed E-state index contributed by atoms with van der Waals surface area (Å²) >= 11 is 0. The second-order valence-corrected chi connectivity index (χ2v) is 5.82. The zero-order chi connectivity index (χ0) is 13.6. The molecule has 0 saturated carbocycles. The van der Waals surface area contributed by atoms with Crippen LogP contribution in [-0.4, -0.2) is 33.3 Å². The van der Waals surface area contributed by atoms with Gasteiger partial charge in [0, 0.05) is 19.8 Å². The molecule has 0 radical (unpaired) electrons. The molecule has 0 fully saturated rings. The van der Waals surface area contributed by atoms with Crippen molar-refractivity contribution in [3.8, 4) is 0 Å². The Morgan fingerprint density at radius 1 is 1.44 bits per heavy atom. The summed E-state index contributed by atoms with van der Waals surface area (Å²) in [5, 5.41) is 8.99. The molecule has 0 aromatic heterocycles. The molecule has 0 saturated heterocycles. The van der Waals surface area contributed by atoms with Crippen molar-refractivity contribution in [2.45, 2.75) is 30.9 Å². The fourth-order valence-corrected chi connectivity index (χ4v) is 2.85. The Kier molecular flexibility index (Phi) is 5.74. The van der Waals surface area contributed by atoms with Crippen LogP contribution < -0.4 is 4.72 Å². The van der Waals surface area contributed by atoms with Gasteiger partial charge in [0.15, 0.2) is 0 Å². The lowest BCUT2D eigenvalue weighted by Crippen LogP contribution is -2.33. The molecule has 0 heterocycles. The van der Waals surface area contributed by atoms with Crippen LogP contribution in [0.4, 0.5) is 0 Å². The molecule has 1 aromatic carbocycles. The number of nitrogens with one attached hydrogen (secondary N) is 1. The van der Waals surface area contributed by atoms with E-state index in [9.17, 15) is 8.42 Å². The predicted octanol–water partition coefficient (Wildman–Crippen LogP) is 0.882. The SMILES string of the molecule is COCCC(C)NS(=O)(=O)c1cccc(CO)c1. The fraction of sp³-hybridized carbons (Fsp3) is 0.500. The second kappa shape index (κ2) is 6.84. The van der Waals surface area contributed by atoms with Crippen molar-refractivity contribution in [2.24, 2.45) is 0 Å². The number of sulfonamides is 1. The van der Waals surface area contributed by atoms with Crippen molar-refractivity contribution in [2.75, 3.05) is 13.7 Å². The molecular formula is C12H19NO4S. The molecule has 5 nitrogen and oxygen atoms in total. The van der Waals surface area contributed by atoms with Gasteiger partial charge in [-0.25, -0.2) is 13.1 Å². The molecule has 18 heavy (non-hydrogen) atoms. The highest BCUT2D eigenvalue weighted by Crippen LogP contribution is 2.12. The number of hydrogen-bond donors (Lipinski definition) is 2. The normalized spacial score (nSPS) is 13.5. The topological polar surface area (TPSA) is 75.6 Å². The first-order valence-corrected chi connectivity index (χ1v) is 7.19. The van der Waals surface area contributed by atoms with E-state index in [-0.39, 0.29) is 17.5 Å². The molecule has 0 aliphatic rings. The van der Waals surface area contributed by atoms with Crippen LogP contribution in [0.2, 0.25) is 0 Å². The Morgan fingerprint density at radius 3 is 2.78 bits per heavy atom. The summed E-state index contributed by atoms with van der Waals surface area (Å²) in [5.74, 6) is 0. The quantitative estimate of drug-likeness (QED) is 0.773. The standard InChI is InChI=1S/C12H19NO4S/c1-10(6-7-17-2)13-18(15,16)12-5-3-4-11(8-12)9-14/h3-5,8,10,13-14H,6-7,9H2,1-2H3. The lowest BCUT2D eigenvalue weighted by atomic mass is 10.2. The third-order valence-electron chi connectivity index (χ3n) is 2.50. The van der Waals surface area contributed by atoms with E-state index < -0.39 is 10.0 Å². The van der Waals surface area contributed by atoms with Crippen LogP contribution in [0.5, 0.6) is 0 Å². The number of aliphatic hydroxyl groups excluding tert-OH is 1. The molecule has 1 aromatic rings. The molecule has 0 aliphatic heterocycles. The van der Waals surface area contributed by atoms with Crippen molar-refractivity contribution in [3.63, 3.8) is 0 Å². The number of benzene rings is 1. The monoisotopic (exact) mass is 273 g/mol. The van der Waals surface area contributed by atoms with Gasteiger partial charge in [-0.1, -0.05) is 12.1 Å². The van der Waals surface area contributed by atoms with E-state index in [1.54, 1.807) is 26.2 Å². The average Bonchev–Trinajstić information content (AvgIpc) is 2.36. The van der Waals surface area contributed by atoms with E-state index in [2.05, 4.69) is 4.72 Å². The molecule has 2 N–H and O–H groups in total. The zero-order valence-electron chi connectivity index (χ0n) is 10.6. The van der Waals surface area contributed by atoms with E-state index in [1.807, 2.05) is 0 Å². The summed E-state index contributed by atoms with van der Waals surface area (Å²) in [5.41, 5.74) is 0.572. The highest BCUT2D eigenvalue weighted by molar-refractivity contribution is 7.89. The Labute approximate surface area is 108 Å². The van der Waals surface area contributed by atoms with E-state index in [0.29, 0.717) is 18.6 Å². The number of ether oxygens (including phenoxy) is 1. The van der Waals surface area contributed by atoms with Gasteiger partial charge >= 0.3 is 0 Å². The molecule has 1 atom stereocenters. The average molecular weight is 273 g/mol. The molecule has 1 rings (SSSR count). The summed E-state index contributed by atoms with van der Waals surface area (Å²) in [6.45, 7) is 2.11. The van der Waals surface area contributed by atoms with Gasteiger partial charge in [0.1, 0.15) is 0 Å². The van der Waals surface area contributed by atoms with Crippen LogP contribution in [0.25, 0.3) is 0 Å². The zero-order valence-corrected chi connectivity index (χ0v) is 11.4. The minimum absolute atomic E-state index is 0.165. The molecule has 6 heteroatoms. The summed E-state index contributed by atoms with van der Waals surface area (Å²) < 4.78 is 31.6. The Morgan fingerprint density at radius 2 is 2.17 bits per heavy atom. The van der Waals surface area contributed by atoms with Crippen LogP contribution in [0.3, 0.4) is 0 Å². The first-order valence-electron chi connectivity index (χ1n) is 5.70. The summed E-state index contributed by atoms with van der Waals surface area (Å²) in [6, 6.07) is 6.05. The van der Waals surface area contributed by atoms with Crippen LogP contribution in [0.15, 0.2) is 29.2 Å². The molecule has 0 amide bonds. The minimum atomic E-state index is -3.54. The van der Waals surface area contributed by atoms with Gasteiger partial charge in [0.05, 0.1) is 11.5 Å². The largest absolute Gasteiger partial charge is 0.392 e. The van der Waals surface area contributed by atoms with Crippen molar-refractivity contribution >= 4 is 10.0 Å². The lowest BCUT2D eigenvalue weighted by Gasteiger charge is -2.14. The number of aliphatic hydroxyl groups is 1. The lowest BCUT2D eigenvalue weighted by molar-refractivity contribution is 0.188. The van der Waals surface area contributed by atoms with Gasteiger partial charge in [-0.2, -0.15) is 0 Å². The van der Waals surface area contributed by atoms with Gasteiger partial charge in [0.2, 0.25) is 10.0 Å². The molecule has 0 spiro atoms. The van der Waals surface area contributed by atoms with Gasteiger partial charge in [-0.3, -0.25) is 0 Å². The van der Waals surface area contributed by atoms with Gasteiger partial charge in [-0.05, 0) is 31.0 Å². The summed E-state index contributed by atoms with van der Waals surface area (Å²) in [4.78, 5) is 0.165. The van der Waals surface area contributed by atoms with Gasteiger partial charge < -0.3 is 9.84 Å². The highest BCUT2D eigenvalue weighted by atomic mass is 32.2. The molecule has 0 bridgehead atoms. The van der Waals surface area contributed by atoms with Crippen molar-refractivity contribution in [1.82, 2.24) is 4.72 Å². The summed E-state index contributed by atoms with van der Waals surface area (Å²) in [6.07, 6.45) is 0.607. The Balaban J connectivity index is 2.79. The first-order chi connectivity index (χ1) is 8.49. The Hall–Kier alpha value is -0.950. The third kappa shape index (κ3) is 4.38. The van der Waals surface area contributed by atoms with Crippen molar-refractivity contribution < 1.29 is 18.3 Å². The van der Waals surface area contributed by atoms with Crippen LogP contribution in [0, 0.1) is 0 Å². The molecule has 0 aliphatic carbocycles. The maximum Gasteiger partial charge on any atom is 0.240 e. The second-order valence-electron chi connectivity index (χ2n) is 4.11. The van der Waals surface area contributed by atoms with Crippen LogP contribution in [-0.2, 0) is 21.4 Å². The predicted molar refractivity (Wildman–Crippen MR) is 68.6 cm³/mol. The maximum atomic E-state index is 12.0. The minimum Gasteiger partial charge on any atom is -0.392 e. The Bertz CT molecular complexity index is 473. The maximum absolute atomic E-state index is 12.0. The molecule has 1 unspecified atom stereocenters. The summed E-state index contributed by atoms with van der Waals surface area (Å²) in [7, 11) is -1.96. The van der Waals surface area contributed by atoms with Crippen LogP contribution in [0.1, 0.15) is 18.9 Å². The van der Waals surface area contributed by atoms with Gasteiger partial charge in [0.25, 0.3) is 0 Å². The fourth-order valence-electron chi connectivity index (χ4n) is 1.50. The van der Waals surface area contributed by atoms with Crippen LogP contribution >= 0.6 is 0 Å². The van der Waals surface area contributed by atoms with Gasteiger partial charge in [-0.15, -0.1) is 0 Å². The number of rotatable bonds is 7. The van der Waals surface area contributed by atoms with E-state index in [0.717, 1.165) is 0 Å². The van der Waals surface area contributed by atoms with Crippen molar-refractivity contribution in [1.29, 1.82) is 0 Å². The van der Waals surface area contributed by atoms with E-state index in [4.69, 9.17) is 9.84 Å². The first kappa shape index (κ1) is 15.1. The highest BCUT2D eigenvalue weighted by Gasteiger charge is 2.17. The third-order valence-corrected chi connectivity index (χ3v) is 4.09. The molecular weight excluding hydrogens is 254 g/mol. The molecule has 102 valence electrons. The van der Waals surface area contributed by atoms with E-state index >= 15 is 0 Å².